The average molecular weight is 264 g/mol. The summed E-state index contributed by atoms with van der Waals surface area (Å²) in [5.41, 5.74) is 5.39. The third-order valence-electron chi connectivity index (χ3n) is 2.80. The number of hydrogen-bond acceptors (Lipinski definition) is 4. The maximum atomic E-state index is 12.1. The van der Waals surface area contributed by atoms with Gasteiger partial charge in [0.25, 0.3) is 5.91 Å². The smallest absolute Gasteiger partial charge is 0.252 e. The number of rotatable bonds is 5. The molecule has 0 saturated carbocycles. The molecule has 1 aromatic rings. The predicted octanol–water partition coefficient (Wildman–Crippen LogP) is 0.679. The van der Waals surface area contributed by atoms with E-state index in [9.17, 15) is 9.59 Å². The predicted molar refractivity (Wildman–Crippen MR) is 73.9 cm³/mol. The molecule has 6 heteroatoms. The van der Waals surface area contributed by atoms with Crippen LogP contribution in [0.25, 0.3) is 0 Å². The Morgan fingerprint density at radius 1 is 1.37 bits per heavy atom. The molecule has 0 unspecified atom stereocenters. The molecule has 0 radical (unpaired) electrons. The number of carbonyl (C=O) groups is 2. The van der Waals surface area contributed by atoms with E-state index in [-0.39, 0.29) is 5.91 Å². The van der Waals surface area contributed by atoms with E-state index < -0.39 is 11.4 Å². The molecule has 0 aliphatic carbocycles. The van der Waals surface area contributed by atoms with E-state index in [1.165, 1.54) is 0 Å². The van der Waals surface area contributed by atoms with Gasteiger partial charge < -0.3 is 16.4 Å². The monoisotopic (exact) mass is 264 g/mol. The van der Waals surface area contributed by atoms with E-state index in [1.54, 1.807) is 33.0 Å². The van der Waals surface area contributed by atoms with Crippen molar-refractivity contribution in [3.8, 4) is 0 Å². The van der Waals surface area contributed by atoms with Gasteiger partial charge in [-0.15, -0.1) is 0 Å². The number of pyridine rings is 1. The highest BCUT2D eigenvalue weighted by atomic mass is 16.2. The van der Waals surface area contributed by atoms with Crippen LogP contribution in [0, 0.1) is 0 Å². The molecule has 1 heterocycles. The molecule has 0 saturated heterocycles. The van der Waals surface area contributed by atoms with Gasteiger partial charge in [0.2, 0.25) is 5.91 Å². The van der Waals surface area contributed by atoms with Crippen LogP contribution in [0.15, 0.2) is 12.1 Å². The Hall–Kier alpha value is -2.11. The minimum atomic E-state index is -1.09. The Labute approximate surface area is 112 Å². The molecule has 6 nitrogen and oxygen atoms in total. The molecule has 0 fully saturated rings. The fourth-order valence-corrected chi connectivity index (χ4v) is 1.45. The lowest BCUT2D eigenvalue weighted by Gasteiger charge is -2.22. The minimum absolute atomic E-state index is 0.350. The summed E-state index contributed by atoms with van der Waals surface area (Å²) < 4.78 is 0. The van der Waals surface area contributed by atoms with Gasteiger partial charge in [-0.1, -0.05) is 6.92 Å². The quantitative estimate of drug-likeness (QED) is 0.728. The SMILES string of the molecule is CCc1cc(C(=O)NC(C)(C)C(N)=O)cc(NC)n1. The first-order valence-corrected chi connectivity index (χ1v) is 6.11. The van der Waals surface area contributed by atoms with Crippen molar-refractivity contribution in [2.24, 2.45) is 5.73 Å². The van der Waals surface area contributed by atoms with Gasteiger partial charge in [0.05, 0.1) is 0 Å². The van der Waals surface area contributed by atoms with Crippen LogP contribution in [0.1, 0.15) is 36.8 Å². The highest BCUT2D eigenvalue weighted by Gasteiger charge is 2.27. The van der Waals surface area contributed by atoms with Crippen molar-refractivity contribution < 1.29 is 9.59 Å². The molecule has 0 bridgehead atoms. The van der Waals surface area contributed by atoms with Crippen molar-refractivity contribution in [2.45, 2.75) is 32.7 Å². The summed E-state index contributed by atoms with van der Waals surface area (Å²) in [4.78, 5) is 27.6. The summed E-state index contributed by atoms with van der Waals surface area (Å²) in [5, 5.41) is 5.51. The Morgan fingerprint density at radius 3 is 2.47 bits per heavy atom. The number of nitrogens with zero attached hydrogens (tertiary/aromatic N) is 1. The van der Waals surface area contributed by atoms with E-state index >= 15 is 0 Å². The van der Waals surface area contributed by atoms with Gasteiger partial charge in [0.1, 0.15) is 11.4 Å². The Kier molecular flexibility index (Phi) is 4.47. The standard InChI is InChI=1S/C13H20N4O2/c1-5-9-6-8(7-10(15-4)16-9)11(18)17-13(2,3)12(14)19/h6-7H,5H2,1-4H3,(H2,14,19)(H,15,16)(H,17,18). The number of carbonyl (C=O) groups excluding carboxylic acids is 2. The van der Waals surface area contributed by atoms with E-state index in [0.717, 1.165) is 12.1 Å². The van der Waals surface area contributed by atoms with Gasteiger partial charge in [-0.05, 0) is 32.4 Å². The van der Waals surface area contributed by atoms with Crippen molar-refractivity contribution in [1.29, 1.82) is 0 Å². The van der Waals surface area contributed by atoms with Crippen LogP contribution in [0.3, 0.4) is 0 Å². The molecular formula is C13H20N4O2. The summed E-state index contributed by atoms with van der Waals surface area (Å²) in [7, 11) is 1.73. The van der Waals surface area contributed by atoms with Crippen LogP contribution in [0.4, 0.5) is 5.82 Å². The molecule has 104 valence electrons. The van der Waals surface area contributed by atoms with E-state index in [1.807, 2.05) is 6.92 Å². The second kappa shape index (κ2) is 5.69. The van der Waals surface area contributed by atoms with Crippen LogP contribution < -0.4 is 16.4 Å². The molecule has 1 aromatic heterocycles. The number of amides is 2. The summed E-state index contributed by atoms with van der Waals surface area (Å²) in [6, 6.07) is 3.33. The van der Waals surface area contributed by atoms with Crippen LogP contribution in [-0.4, -0.2) is 29.4 Å². The molecule has 0 aliphatic rings. The molecular weight excluding hydrogens is 244 g/mol. The lowest BCUT2D eigenvalue weighted by atomic mass is 10.0. The van der Waals surface area contributed by atoms with Gasteiger partial charge in [0, 0.05) is 18.3 Å². The van der Waals surface area contributed by atoms with Crippen molar-refractivity contribution in [3.63, 3.8) is 0 Å². The fraction of sp³-hybridized carbons (Fsp3) is 0.462. The van der Waals surface area contributed by atoms with Gasteiger partial charge in [-0.3, -0.25) is 9.59 Å². The lowest BCUT2D eigenvalue weighted by Crippen LogP contribution is -2.53. The summed E-state index contributed by atoms with van der Waals surface area (Å²) in [6.45, 7) is 5.08. The van der Waals surface area contributed by atoms with Crippen molar-refractivity contribution >= 4 is 17.6 Å². The lowest BCUT2D eigenvalue weighted by molar-refractivity contribution is -0.122. The summed E-state index contributed by atoms with van der Waals surface area (Å²) in [6.07, 6.45) is 0.717. The molecule has 0 spiro atoms. The average Bonchev–Trinajstić information content (AvgIpc) is 2.37. The molecule has 0 aliphatic heterocycles. The number of nitrogens with two attached hydrogens (primary N) is 1. The van der Waals surface area contributed by atoms with Gasteiger partial charge >= 0.3 is 0 Å². The van der Waals surface area contributed by atoms with Crippen molar-refractivity contribution in [3.05, 3.63) is 23.4 Å². The Balaban J connectivity index is 3.03. The number of hydrogen-bond donors (Lipinski definition) is 3. The molecule has 19 heavy (non-hydrogen) atoms. The highest BCUT2D eigenvalue weighted by Crippen LogP contribution is 2.12. The fourth-order valence-electron chi connectivity index (χ4n) is 1.45. The topological polar surface area (TPSA) is 97.1 Å². The third kappa shape index (κ3) is 3.67. The number of anilines is 1. The van der Waals surface area contributed by atoms with Crippen LogP contribution in [0.2, 0.25) is 0 Å². The largest absolute Gasteiger partial charge is 0.373 e. The number of nitrogens with one attached hydrogen (secondary N) is 2. The zero-order valence-corrected chi connectivity index (χ0v) is 11.7. The van der Waals surface area contributed by atoms with E-state index in [2.05, 4.69) is 15.6 Å². The third-order valence-corrected chi connectivity index (χ3v) is 2.80. The van der Waals surface area contributed by atoms with Crippen molar-refractivity contribution in [1.82, 2.24) is 10.3 Å². The first kappa shape index (κ1) is 14.9. The molecule has 0 atom stereocenters. The molecule has 4 N–H and O–H groups in total. The number of aryl methyl sites for hydroxylation is 1. The first-order valence-electron chi connectivity index (χ1n) is 6.11. The number of aromatic nitrogens is 1. The Bertz CT molecular complexity index is 475. The minimum Gasteiger partial charge on any atom is -0.373 e. The molecule has 2 amide bonds. The highest BCUT2D eigenvalue weighted by molar-refractivity contribution is 5.99. The van der Waals surface area contributed by atoms with Crippen LogP contribution in [-0.2, 0) is 11.2 Å². The second-order valence-corrected chi connectivity index (χ2v) is 4.78. The zero-order valence-electron chi connectivity index (χ0n) is 11.7. The first-order chi connectivity index (χ1) is 8.80. The second-order valence-electron chi connectivity index (χ2n) is 4.78. The zero-order chi connectivity index (χ0) is 14.6. The summed E-state index contributed by atoms with van der Waals surface area (Å²) >= 11 is 0. The van der Waals surface area contributed by atoms with Crippen molar-refractivity contribution in [2.75, 3.05) is 12.4 Å². The Morgan fingerprint density at radius 2 is 2.00 bits per heavy atom. The van der Waals surface area contributed by atoms with Crippen LogP contribution >= 0.6 is 0 Å². The maximum Gasteiger partial charge on any atom is 0.252 e. The molecule has 1 rings (SSSR count). The van der Waals surface area contributed by atoms with Gasteiger partial charge in [-0.25, -0.2) is 4.98 Å². The normalized spacial score (nSPS) is 10.9. The molecule has 0 aromatic carbocycles. The van der Waals surface area contributed by atoms with Crippen LogP contribution in [0.5, 0.6) is 0 Å². The van der Waals surface area contributed by atoms with Gasteiger partial charge in [0.15, 0.2) is 0 Å². The van der Waals surface area contributed by atoms with Gasteiger partial charge in [-0.2, -0.15) is 0 Å². The van der Waals surface area contributed by atoms with E-state index in [0.29, 0.717) is 11.4 Å². The number of primary amides is 1. The van der Waals surface area contributed by atoms with E-state index in [4.69, 9.17) is 5.73 Å². The summed E-state index contributed by atoms with van der Waals surface area (Å²) in [5.74, 6) is -0.321. The maximum absolute atomic E-state index is 12.1.